The maximum atomic E-state index is 13.0. The van der Waals surface area contributed by atoms with Crippen molar-refractivity contribution in [2.75, 3.05) is 31.1 Å². The first kappa shape index (κ1) is 22.0. The molecule has 1 saturated heterocycles. The van der Waals surface area contributed by atoms with E-state index in [9.17, 15) is 9.90 Å². The van der Waals surface area contributed by atoms with Crippen molar-refractivity contribution in [3.63, 3.8) is 0 Å². The number of rotatable bonds is 4. The second-order valence-corrected chi connectivity index (χ2v) is 9.61. The number of aliphatic hydroxyl groups excluding tert-OH is 1. The largest absolute Gasteiger partial charge is 0.388 e. The Morgan fingerprint density at radius 1 is 0.857 bits per heavy atom. The number of hydrogen-bond donors (Lipinski definition) is 1. The minimum absolute atomic E-state index is 0.0605. The summed E-state index contributed by atoms with van der Waals surface area (Å²) in [5, 5.41) is 11.6. The highest BCUT2D eigenvalue weighted by Crippen LogP contribution is 2.39. The van der Waals surface area contributed by atoms with Crippen LogP contribution in [0, 0.1) is 0 Å². The zero-order valence-electron chi connectivity index (χ0n) is 19.8. The molecule has 3 heterocycles. The lowest BCUT2D eigenvalue weighted by atomic mass is 10.0. The number of aliphatic hydroxyl groups is 1. The Labute approximate surface area is 205 Å². The molecule has 178 valence electrons. The molecule has 2 aliphatic heterocycles. The van der Waals surface area contributed by atoms with E-state index in [1.165, 1.54) is 11.3 Å². The van der Waals surface area contributed by atoms with Crippen LogP contribution in [0.25, 0.3) is 10.9 Å². The van der Waals surface area contributed by atoms with Gasteiger partial charge in [0.25, 0.3) is 5.56 Å². The molecule has 1 unspecified atom stereocenters. The lowest BCUT2D eigenvalue weighted by molar-refractivity contribution is 0.180. The van der Waals surface area contributed by atoms with Crippen molar-refractivity contribution in [2.45, 2.75) is 31.4 Å². The van der Waals surface area contributed by atoms with Gasteiger partial charge < -0.3 is 14.9 Å². The minimum atomic E-state index is -0.498. The van der Waals surface area contributed by atoms with Gasteiger partial charge in [0.2, 0.25) is 0 Å². The van der Waals surface area contributed by atoms with Gasteiger partial charge >= 0.3 is 0 Å². The van der Waals surface area contributed by atoms with Crippen LogP contribution >= 0.6 is 0 Å². The molecule has 6 heteroatoms. The van der Waals surface area contributed by atoms with E-state index in [2.05, 4.69) is 39.0 Å². The van der Waals surface area contributed by atoms with Gasteiger partial charge in [0.05, 0.1) is 23.3 Å². The van der Waals surface area contributed by atoms with Crippen molar-refractivity contribution < 1.29 is 5.11 Å². The van der Waals surface area contributed by atoms with Crippen LogP contribution in [0.1, 0.15) is 36.1 Å². The fourth-order valence-corrected chi connectivity index (χ4v) is 5.66. The number of nitrogens with zero attached hydrogens (tertiary/aromatic N) is 4. The van der Waals surface area contributed by atoms with Crippen molar-refractivity contribution in [3.05, 3.63) is 101 Å². The zero-order valence-corrected chi connectivity index (χ0v) is 19.8. The molecule has 6 rings (SSSR count). The second kappa shape index (κ2) is 9.29. The first-order valence-corrected chi connectivity index (χ1v) is 12.5. The molecule has 0 aliphatic carbocycles. The Balaban J connectivity index is 1.17. The van der Waals surface area contributed by atoms with Crippen molar-refractivity contribution in [3.8, 4) is 0 Å². The number of benzene rings is 3. The number of fused-ring (bicyclic) bond motifs is 3. The van der Waals surface area contributed by atoms with Crippen LogP contribution in [0.4, 0.5) is 11.4 Å². The Morgan fingerprint density at radius 3 is 2.43 bits per heavy atom. The van der Waals surface area contributed by atoms with E-state index < -0.39 is 6.10 Å². The van der Waals surface area contributed by atoms with Gasteiger partial charge in [-0.1, -0.05) is 48.5 Å². The molecular weight excluding hydrogens is 436 g/mol. The summed E-state index contributed by atoms with van der Waals surface area (Å²) >= 11 is 0. The summed E-state index contributed by atoms with van der Waals surface area (Å²) in [6.45, 7) is 3.67. The van der Waals surface area contributed by atoms with Gasteiger partial charge in [0, 0.05) is 55.6 Å². The van der Waals surface area contributed by atoms with E-state index in [-0.39, 0.29) is 11.6 Å². The monoisotopic (exact) mass is 466 g/mol. The SMILES string of the molecule is O=c1c2ccccc2ncn1C1CCN(CCN2c3ccccc3CC(O)c3ccccc32)CC1. The maximum Gasteiger partial charge on any atom is 0.261 e. The molecule has 1 fully saturated rings. The summed E-state index contributed by atoms with van der Waals surface area (Å²) in [6.07, 6.45) is 3.73. The lowest BCUT2D eigenvalue weighted by Crippen LogP contribution is -2.41. The fourth-order valence-electron chi connectivity index (χ4n) is 5.66. The number of likely N-dealkylation sites (tertiary alicyclic amines) is 1. The van der Waals surface area contributed by atoms with E-state index in [0.29, 0.717) is 11.8 Å². The molecule has 0 saturated carbocycles. The highest BCUT2D eigenvalue weighted by molar-refractivity contribution is 5.77. The molecule has 6 nitrogen and oxygen atoms in total. The molecule has 3 aromatic carbocycles. The van der Waals surface area contributed by atoms with E-state index in [0.717, 1.165) is 55.8 Å². The molecule has 1 N–H and O–H groups in total. The predicted octanol–water partition coefficient (Wildman–Crippen LogP) is 4.46. The fraction of sp³-hybridized carbons (Fsp3) is 0.310. The summed E-state index contributed by atoms with van der Waals surface area (Å²) in [5.41, 5.74) is 5.26. The Morgan fingerprint density at radius 2 is 1.57 bits per heavy atom. The molecule has 0 radical (unpaired) electrons. The van der Waals surface area contributed by atoms with Gasteiger partial charge in [0.1, 0.15) is 0 Å². The molecule has 4 aromatic rings. The number of piperidine rings is 1. The van der Waals surface area contributed by atoms with Gasteiger partial charge in [-0.05, 0) is 42.7 Å². The first-order chi connectivity index (χ1) is 17.2. The summed E-state index contributed by atoms with van der Waals surface area (Å²) in [5.74, 6) is 0. The van der Waals surface area contributed by atoms with Gasteiger partial charge in [-0.25, -0.2) is 4.98 Å². The maximum absolute atomic E-state index is 13.0. The van der Waals surface area contributed by atoms with Gasteiger partial charge in [-0.2, -0.15) is 0 Å². The van der Waals surface area contributed by atoms with Crippen LogP contribution < -0.4 is 10.5 Å². The van der Waals surface area contributed by atoms with Crippen LogP contribution in [0.15, 0.2) is 83.9 Å². The molecule has 0 spiro atoms. The third kappa shape index (κ3) is 4.13. The van der Waals surface area contributed by atoms with E-state index >= 15 is 0 Å². The Bertz CT molecular complexity index is 1410. The molecule has 0 bridgehead atoms. The standard InChI is InChI=1S/C29H30N4O2/c34-28-19-21-7-1-5-11-26(21)32(27-12-6-3-9-24(27)28)18-17-31-15-13-22(14-16-31)33-20-30-25-10-4-2-8-23(25)29(33)35/h1-12,20,22,28,34H,13-19H2. The third-order valence-electron chi connectivity index (χ3n) is 7.56. The van der Waals surface area contributed by atoms with Gasteiger partial charge in [-0.15, -0.1) is 0 Å². The summed E-state index contributed by atoms with van der Waals surface area (Å²) in [4.78, 5) is 22.4. The average Bonchev–Trinajstić information content (AvgIpc) is 3.02. The highest BCUT2D eigenvalue weighted by atomic mass is 16.3. The molecule has 0 amide bonds. The minimum Gasteiger partial charge on any atom is -0.388 e. The smallest absolute Gasteiger partial charge is 0.261 e. The van der Waals surface area contributed by atoms with Crippen LogP contribution in [0.3, 0.4) is 0 Å². The number of anilines is 2. The van der Waals surface area contributed by atoms with E-state index in [1.54, 1.807) is 6.33 Å². The van der Waals surface area contributed by atoms with Crippen LogP contribution in [0.2, 0.25) is 0 Å². The van der Waals surface area contributed by atoms with Crippen LogP contribution in [0.5, 0.6) is 0 Å². The Hall–Kier alpha value is -3.48. The molecule has 1 atom stereocenters. The van der Waals surface area contributed by atoms with Crippen LogP contribution in [-0.4, -0.2) is 45.7 Å². The van der Waals surface area contributed by atoms with E-state index in [1.807, 2.05) is 53.1 Å². The normalized spacial score (nSPS) is 18.8. The topological polar surface area (TPSA) is 61.6 Å². The van der Waals surface area contributed by atoms with Crippen molar-refractivity contribution in [2.24, 2.45) is 0 Å². The summed E-state index contributed by atoms with van der Waals surface area (Å²) in [7, 11) is 0. The van der Waals surface area contributed by atoms with Crippen molar-refractivity contribution >= 4 is 22.3 Å². The zero-order chi connectivity index (χ0) is 23.8. The lowest BCUT2D eigenvalue weighted by Gasteiger charge is -2.35. The third-order valence-corrected chi connectivity index (χ3v) is 7.56. The molecule has 2 aliphatic rings. The molecule has 1 aromatic heterocycles. The number of aromatic nitrogens is 2. The van der Waals surface area contributed by atoms with Crippen molar-refractivity contribution in [1.82, 2.24) is 14.5 Å². The van der Waals surface area contributed by atoms with Gasteiger partial charge in [0.15, 0.2) is 0 Å². The van der Waals surface area contributed by atoms with E-state index in [4.69, 9.17) is 0 Å². The quantitative estimate of drug-likeness (QED) is 0.481. The first-order valence-electron chi connectivity index (χ1n) is 12.5. The number of hydrogen-bond acceptors (Lipinski definition) is 5. The number of para-hydroxylation sites is 3. The molecular formula is C29H30N4O2. The van der Waals surface area contributed by atoms with Gasteiger partial charge in [-0.3, -0.25) is 9.36 Å². The summed E-state index contributed by atoms with van der Waals surface area (Å²) < 4.78 is 1.84. The highest BCUT2D eigenvalue weighted by Gasteiger charge is 2.27. The predicted molar refractivity (Wildman–Crippen MR) is 139 cm³/mol. The van der Waals surface area contributed by atoms with Crippen LogP contribution in [-0.2, 0) is 6.42 Å². The average molecular weight is 467 g/mol. The molecule has 35 heavy (non-hydrogen) atoms. The second-order valence-electron chi connectivity index (χ2n) is 9.61. The Kier molecular flexibility index (Phi) is 5.84. The van der Waals surface area contributed by atoms with Crippen molar-refractivity contribution in [1.29, 1.82) is 0 Å². The summed E-state index contributed by atoms with van der Waals surface area (Å²) in [6, 6.07) is 24.4.